The third-order valence-electron chi connectivity index (χ3n) is 4.66. The van der Waals surface area contributed by atoms with Crippen molar-refractivity contribution in [2.24, 2.45) is 5.92 Å². The number of ether oxygens (including phenoxy) is 1. The highest BCUT2D eigenvalue weighted by Gasteiger charge is 2.22. The summed E-state index contributed by atoms with van der Waals surface area (Å²) in [5, 5.41) is 1.01. The van der Waals surface area contributed by atoms with Gasteiger partial charge in [-0.25, -0.2) is 9.97 Å². The van der Waals surface area contributed by atoms with E-state index < -0.39 is 9.73 Å². The van der Waals surface area contributed by atoms with E-state index in [2.05, 4.69) is 14.9 Å². The molecule has 1 atom stereocenters. The minimum Gasteiger partial charge on any atom is -0.494 e. The molecule has 2 heterocycles. The molecule has 1 aromatic carbocycles. The van der Waals surface area contributed by atoms with Crippen molar-refractivity contribution < 1.29 is 8.95 Å². The second-order valence-corrected chi connectivity index (χ2v) is 8.90. The smallest absolute Gasteiger partial charge is 0.145 e. The molecule has 7 heteroatoms. The van der Waals surface area contributed by atoms with Gasteiger partial charge >= 0.3 is 0 Å². The van der Waals surface area contributed by atoms with Gasteiger partial charge in [0, 0.05) is 40.2 Å². The van der Waals surface area contributed by atoms with E-state index in [0.717, 1.165) is 54.8 Å². The average Bonchev–Trinajstić information content (AvgIpc) is 2.59. The topological polar surface area (TPSA) is 79.2 Å². The van der Waals surface area contributed by atoms with Gasteiger partial charge in [-0.1, -0.05) is 6.07 Å². The van der Waals surface area contributed by atoms with E-state index in [1.54, 1.807) is 13.4 Å². The molecule has 1 fully saturated rings. The molecular formula is C17H24N4O2S. The fraction of sp³-hybridized carbons (Fsp3) is 0.529. The maximum absolute atomic E-state index is 11.5. The molecule has 1 aromatic heterocycles. The van der Waals surface area contributed by atoms with Crippen LogP contribution in [0.2, 0.25) is 0 Å². The van der Waals surface area contributed by atoms with E-state index in [4.69, 9.17) is 9.52 Å². The number of hydrogen-bond acceptors (Lipinski definition) is 6. The second kappa shape index (κ2) is 6.93. The molecule has 130 valence electrons. The molecule has 1 unspecified atom stereocenters. The van der Waals surface area contributed by atoms with Gasteiger partial charge < -0.3 is 9.64 Å². The van der Waals surface area contributed by atoms with Gasteiger partial charge in [0.1, 0.15) is 23.4 Å². The Balaban J connectivity index is 1.74. The average molecular weight is 348 g/mol. The summed E-state index contributed by atoms with van der Waals surface area (Å²) in [6, 6.07) is 5.91. The number of nitrogens with zero attached hydrogens (tertiary/aromatic N) is 3. The number of methoxy groups -OCH3 is 1. The molecule has 0 radical (unpaired) electrons. The van der Waals surface area contributed by atoms with Crippen molar-refractivity contribution in [2.45, 2.75) is 19.3 Å². The normalized spacial score (nSPS) is 18.5. The number of aromatic nitrogens is 2. The summed E-state index contributed by atoms with van der Waals surface area (Å²) in [6.45, 7) is 1.85. The van der Waals surface area contributed by atoms with Crippen LogP contribution in [0.25, 0.3) is 10.9 Å². The molecule has 0 saturated carbocycles. The first-order chi connectivity index (χ1) is 11.5. The molecule has 1 saturated heterocycles. The van der Waals surface area contributed by atoms with E-state index in [1.165, 1.54) is 6.26 Å². The van der Waals surface area contributed by atoms with Crippen molar-refractivity contribution >= 4 is 26.4 Å². The standard InChI is InChI=1S/C17H24N4O2S/c1-23-15-5-3-4-14-16(15)19-12-20-17(14)21-9-6-13(7-10-21)8-11-24(2,18)22/h3-5,12-13,18H,6-11H2,1-2H3. The zero-order valence-electron chi connectivity index (χ0n) is 14.2. The molecule has 1 aliphatic heterocycles. The van der Waals surface area contributed by atoms with Crippen molar-refractivity contribution in [1.82, 2.24) is 9.97 Å². The van der Waals surface area contributed by atoms with Crippen LogP contribution in [0.3, 0.4) is 0 Å². The first-order valence-electron chi connectivity index (χ1n) is 8.22. The number of anilines is 1. The Hall–Kier alpha value is -1.89. The van der Waals surface area contributed by atoms with Gasteiger partial charge in [0.15, 0.2) is 0 Å². The first-order valence-corrected chi connectivity index (χ1v) is 10.4. The quantitative estimate of drug-likeness (QED) is 0.899. The van der Waals surface area contributed by atoms with Gasteiger partial charge in [0.25, 0.3) is 0 Å². The molecule has 24 heavy (non-hydrogen) atoms. The van der Waals surface area contributed by atoms with Gasteiger partial charge in [0.05, 0.1) is 7.11 Å². The van der Waals surface area contributed by atoms with Crippen LogP contribution >= 0.6 is 0 Å². The van der Waals surface area contributed by atoms with Crippen LogP contribution in [0.4, 0.5) is 5.82 Å². The zero-order chi connectivity index (χ0) is 17.2. The highest BCUT2D eigenvalue weighted by atomic mass is 32.2. The molecule has 0 bridgehead atoms. The maximum Gasteiger partial charge on any atom is 0.145 e. The van der Waals surface area contributed by atoms with Crippen LogP contribution in [0, 0.1) is 10.7 Å². The third kappa shape index (κ3) is 3.77. The van der Waals surface area contributed by atoms with E-state index in [9.17, 15) is 4.21 Å². The monoisotopic (exact) mass is 348 g/mol. The van der Waals surface area contributed by atoms with E-state index in [0.29, 0.717) is 11.7 Å². The van der Waals surface area contributed by atoms with Gasteiger partial charge in [-0.3, -0.25) is 8.99 Å². The van der Waals surface area contributed by atoms with E-state index in [1.807, 2.05) is 18.2 Å². The van der Waals surface area contributed by atoms with Crippen LogP contribution in [0.5, 0.6) is 5.75 Å². The predicted molar refractivity (Wildman–Crippen MR) is 97.3 cm³/mol. The maximum atomic E-state index is 11.5. The highest BCUT2D eigenvalue weighted by molar-refractivity contribution is 7.91. The summed E-state index contributed by atoms with van der Waals surface area (Å²) in [7, 11) is -0.721. The number of nitrogens with one attached hydrogen (secondary N) is 1. The molecule has 0 amide bonds. The Kier molecular flexibility index (Phi) is 4.89. The first kappa shape index (κ1) is 17.0. The van der Waals surface area contributed by atoms with Crippen LogP contribution in [-0.2, 0) is 9.73 Å². The number of benzene rings is 1. The molecule has 1 N–H and O–H groups in total. The van der Waals surface area contributed by atoms with Crippen molar-refractivity contribution in [3.8, 4) is 5.75 Å². The Morgan fingerprint density at radius 2 is 2.08 bits per heavy atom. The van der Waals surface area contributed by atoms with Crippen molar-refractivity contribution in [3.05, 3.63) is 24.5 Å². The molecule has 1 aliphatic rings. The predicted octanol–water partition coefficient (Wildman–Crippen LogP) is 2.92. The lowest BCUT2D eigenvalue weighted by Crippen LogP contribution is -2.34. The Bertz CT molecular complexity index is 814. The van der Waals surface area contributed by atoms with Crippen molar-refractivity contribution in [2.75, 3.05) is 37.1 Å². The van der Waals surface area contributed by atoms with E-state index >= 15 is 0 Å². The molecule has 2 aromatic rings. The van der Waals surface area contributed by atoms with Gasteiger partial charge in [0.2, 0.25) is 0 Å². The molecule has 0 aliphatic carbocycles. The number of rotatable bonds is 5. The minimum absolute atomic E-state index is 0.505. The van der Waals surface area contributed by atoms with Crippen LogP contribution in [-0.4, -0.2) is 46.4 Å². The number of para-hydroxylation sites is 1. The summed E-state index contributed by atoms with van der Waals surface area (Å²) in [4.78, 5) is 11.2. The molecule has 0 spiro atoms. The molecule has 3 rings (SSSR count). The van der Waals surface area contributed by atoms with Crippen LogP contribution < -0.4 is 9.64 Å². The summed E-state index contributed by atoms with van der Waals surface area (Å²) in [5.74, 6) is 2.78. The van der Waals surface area contributed by atoms with Crippen LogP contribution in [0.1, 0.15) is 19.3 Å². The van der Waals surface area contributed by atoms with Crippen molar-refractivity contribution in [3.63, 3.8) is 0 Å². The largest absolute Gasteiger partial charge is 0.494 e. The highest BCUT2D eigenvalue weighted by Crippen LogP contribution is 2.32. The Labute approximate surface area is 143 Å². The SMILES string of the molecule is COc1cccc2c(N3CCC(CCS(C)(=N)=O)CC3)ncnc12. The van der Waals surface area contributed by atoms with E-state index in [-0.39, 0.29) is 0 Å². The van der Waals surface area contributed by atoms with Crippen LogP contribution in [0.15, 0.2) is 24.5 Å². The van der Waals surface area contributed by atoms with Gasteiger partial charge in [-0.15, -0.1) is 0 Å². The second-order valence-electron chi connectivity index (χ2n) is 6.48. The lowest BCUT2D eigenvalue weighted by Gasteiger charge is -2.33. The Morgan fingerprint density at radius 3 is 2.75 bits per heavy atom. The zero-order valence-corrected chi connectivity index (χ0v) is 15.0. The summed E-state index contributed by atoms with van der Waals surface area (Å²) >= 11 is 0. The number of fused-ring (bicyclic) bond motifs is 1. The third-order valence-corrected chi connectivity index (χ3v) is 5.67. The van der Waals surface area contributed by atoms with Gasteiger partial charge in [-0.05, 0) is 37.3 Å². The Morgan fingerprint density at radius 1 is 1.33 bits per heavy atom. The fourth-order valence-corrected chi connectivity index (χ4v) is 4.07. The van der Waals surface area contributed by atoms with Crippen molar-refractivity contribution in [1.29, 1.82) is 4.78 Å². The molecular weight excluding hydrogens is 324 g/mol. The lowest BCUT2D eigenvalue weighted by molar-refractivity contribution is 0.395. The number of piperidine rings is 1. The summed E-state index contributed by atoms with van der Waals surface area (Å²) in [6.07, 6.45) is 6.10. The summed E-state index contributed by atoms with van der Waals surface area (Å²) in [5.41, 5.74) is 0.840. The minimum atomic E-state index is -2.37. The summed E-state index contributed by atoms with van der Waals surface area (Å²) < 4.78 is 24.5. The van der Waals surface area contributed by atoms with Gasteiger partial charge in [-0.2, -0.15) is 0 Å². The fourth-order valence-electron chi connectivity index (χ4n) is 3.29. The lowest BCUT2D eigenvalue weighted by atomic mass is 9.94. The molecule has 6 nitrogen and oxygen atoms in total. The number of hydrogen-bond donors (Lipinski definition) is 1.